The molecule has 0 aliphatic heterocycles. The Kier molecular flexibility index (Phi) is 5.15. The van der Waals surface area contributed by atoms with Crippen molar-refractivity contribution in [2.45, 2.75) is 32.6 Å². The molecular formula is C15H18ClN3S. The van der Waals surface area contributed by atoms with Crippen LogP contribution in [0, 0.1) is 0 Å². The number of nitrogens with zero attached hydrogens (tertiary/aromatic N) is 2. The van der Waals surface area contributed by atoms with Crippen molar-refractivity contribution in [1.82, 2.24) is 4.98 Å². The van der Waals surface area contributed by atoms with E-state index in [2.05, 4.69) is 27.6 Å². The van der Waals surface area contributed by atoms with Gasteiger partial charge in [0, 0.05) is 4.88 Å². The van der Waals surface area contributed by atoms with Gasteiger partial charge in [0.05, 0.1) is 11.4 Å². The molecule has 1 heterocycles. The number of hydrogen-bond acceptors (Lipinski definition) is 4. The lowest BCUT2D eigenvalue weighted by Gasteiger charge is -2.06. The molecule has 0 atom stereocenters. The highest BCUT2D eigenvalue weighted by Gasteiger charge is 2.14. The number of nitrogens with one attached hydrogen (secondary N) is 1. The summed E-state index contributed by atoms with van der Waals surface area (Å²) >= 11 is 1.74. The smallest absolute Gasteiger partial charge is 0.203 e. The largest absolute Gasteiger partial charge is 0.252 e. The maximum atomic E-state index is 4.62. The van der Waals surface area contributed by atoms with E-state index in [9.17, 15) is 0 Å². The van der Waals surface area contributed by atoms with Crippen molar-refractivity contribution in [2.75, 3.05) is 5.43 Å². The van der Waals surface area contributed by atoms with Crippen LogP contribution in [0.3, 0.4) is 0 Å². The molecule has 1 aromatic carbocycles. The van der Waals surface area contributed by atoms with E-state index >= 15 is 0 Å². The molecule has 0 amide bonds. The molecule has 1 aliphatic carbocycles. The van der Waals surface area contributed by atoms with E-state index in [1.807, 2.05) is 25.1 Å². The first-order valence-electron chi connectivity index (χ1n) is 6.67. The standard InChI is InChI=1S/C15H17N3S.ClH/c1-11(12-7-3-2-4-8-12)17-18-15-16-13-9-5-6-10-14(13)19-15;/h2-4,7-8H,5-6,9-10H2,1H3,(H,16,18);1H/b17-11+;. The number of aryl methyl sites for hydroxylation is 2. The Bertz CT molecular complexity index is 569. The van der Waals surface area contributed by atoms with Gasteiger partial charge in [0.2, 0.25) is 5.13 Å². The third-order valence-corrected chi connectivity index (χ3v) is 4.42. The van der Waals surface area contributed by atoms with Crippen LogP contribution >= 0.6 is 23.7 Å². The molecule has 106 valence electrons. The van der Waals surface area contributed by atoms with Crippen molar-refractivity contribution in [3.63, 3.8) is 0 Å². The molecule has 1 aliphatic rings. The number of hydrogen-bond donors (Lipinski definition) is 1. The summed E-state index contributed by atoms with van der Waals surface area (Å²) in [5.41, 5.74) is 6.48. The molecule has 0 radical (unpaired) electrons. The molecule has 0 unspecified atom stereocenters. The summed E-state index contributed by atoms with van der Waals surface area (Å²) in [4.78, 5) is 6.05. The normalized spacial score (nSPS) is 14.3. The third-order valence-electron chi connectivity index (χ3n) is 3.36. The van der Waals surface area contributed by atoms with Gasteiger partial charge in [-0.3, -0.25) is 5.43 Å². The van der Waals surface area contributed by atoms with Gasteiger partial charge in [0.1, 0.15) is 0 Å². The van der Waals surface area contributed by atoms with Gasteiger partial charge in [-0.15, -0.1) is 23.7 Å². The maximum Gasteiger partial charge on any atom is 0.203 e. The summed E-state index contributed by atoms with van der Waals surface area (Å²) in [6, 6.07) is 10.2. The molecular weight excluding hydrogens is 290 g/mol. The quantitative estimate of drug-likeness (QED) is 0.679. The molecule has 1 aromatic heterocycles. The molecule has 20 heavy (non-hydrogen) atoms. The third kappa shape index (κ3) is 3.38. The molecule has 3 rings (SSSR count). The summed E-state index contributed by atoms with van der Waals surface area (Å²) in [5, 5.41) is 5.34. The van der Waals surface area contributed by atoms with E-state index < -0.39 is 0 Å². The first-order valence-corrected chi connectivity index (χ1v) is 7.49. The second-order valence-electron chi connectivity index (χ2n) is 4.77. The van der Waals surface area contributed by atoms with E-state index in [0.717, 1.165) is 22.8 Å². The monoisotopic (exact) mass is 307 g/mol. The van der Waals surface area contributed by atoms with Crippen molar-refractivity contribution >= 4 is 34.6 Å². The van der Waals surface area contributed by atoms with Crippen LogP contribution in [0.1, 0.15) is 35.9 Å². The van der Waals surface area contributed by atoms with E-state index in [0.29, 0.717) is 0 Å². The van der Waals surface area contributed by atoms with Gasteiger partial charge in [-0.25, -0.2) is 4.98 Å². The van der Waals surface area contributed by atoms with Crippen LogP contribution in [0.25, 0.3) is 0 Å². The fourth-order valence-electron chi connectivity index (χ4n) is 2.28. The Morgan fingerprint density at radius 1 is 1.20 bits per heavy atom. The Hall–Kier alpha value is -1.39. The Morgan fingerprint density at radius 2 is 1.95 bits per heavy atom. The minimum absolute atomic E-state index is 0. The van der Waals surface area contributed by atoms with Crippen LogP contribution in [0.2, 0.25) is 0 Å². The van der Waals surface area contributed by atoms with Crippen LogP contribution in [0.5, 0.6) is 0 Å². The number of thiazole rings is 1. The van der Waals surface area contributed by atoms with Gasteiger partial charge in [0.25, 0.3) is 0 Å². The highest BCUT2D eigenvalue weighted by Crippen LogP contribution is 2.29. The second kappa shape index (κ2) is 6.86. The number of hydrazone groups is 1. The van der Waals surface area contributed by atoms with Crippen LogP contribution < -0.4 is 5.43 Å². The molecule has 1 N–H and O–H groups in total. The Balaban J connectivity index is 0.00000147. The first-order chi connectivity index (χ1) is 9.33. The lowest BCUT2D eigenvalue weighted by atomic mass is 10.0. The molecule has 0 bridgehead atoms. The van der Waals surface area contributed by atoms with Crippen LogP contribution in [0.4, 0.5) is 5.13 Å². The molecule has 2 aromatic rings. The van der Waals surface area contributed by atoms with Gasteiger partial charge in [0.15, 0.2) is 0 Å². The van der Waals surface area contributed by atoms with Gasteiger partial charge in [-0.2, -0.15) is 5.10 Å². The summed E-state index contributed by atoms with van der Waals surface area (Å²) < 4.78 is 0. The lowest BCUT2D eigenvalue weighted by Crippen LogP contribution is -2.00. The van der Waals surface area contributed by atoms with Crippen molar-refractivity contribution in [2.24, 2.45) is 5.10 Å². The predicted molar refractivity (Wildman–Crippen MR) is 88.3 cm³/mol. The van der Waals surface area contributed by atoms with Crippen LogP contribution in [-0.4, -0.2) is 10.7 Å². The van der Waals surface area contributed by atoms with Gasteiger partial charge >= 0.3 is 0 Å². The molecule has 0 fully saturated rings. The highest BCUT2D eigenvalue weighted by molar-refractivity contribution is 7.15. The van der Waals surface area contributed by atoms with E-state index in [-0.39, 0.29) is 12.4 Å². The lowest BCUT2D eigenvalue weighted by molar-refractivity contribution is 0.682. The average molecular weight is 308 g/mol. The minimum atomic E-state index is 0. The SMILES string of the molecule is C/C(=N\Nc1nc2c(s1)CCCC2)c1ccccc1.Cl. The molecule has 0 saturated carbocycles. The summed E-state index contributed by atoms with van der Waals surface area (Å²) in [7, 11) is 0. The Morgan fingerprint density at radius 3 is 2.70 bits per heavy atom. The molecule has 3 nitrogen and oxygen atoms in total. The average Bonchev–Trinajstić information content (AvgIpc) is 2.88. The molecule has 0 spiro atoms. The van der Waals surface area contributed by atoms with Crippen molar-refractivity contribution in [3.8, 4) is 0 Å². The van der Waals surface area contributed by atoms with Crippen molar-refractivity contribution < 1.29 is 0 Å². The summed E-state index contributed by atoms with van der Waals surface area (Å²) in [5.74, 6) is 0. The zero-order valence-electron chi connectivity index (χ0n) is 11.4. The molecule has 0 saturated heterocycles. The van der Waals surface area contributed by atoms with E-state index in [1.54, 1.807) is 11.3 Å². The van der Waals surface area contributed by atoms with Crippen molar-refractivity contribution in [3.05, 3.63) is 46.5 Å². The zero-order valence-corrected chi connectivity index (χ0v) is 13.1. The van der Waals surface area contributed by atoms with Gasteiger partial charge in [-0.05, 0) is 38.2 Å². The predicted octanol–water partition coefficient (Wildman–Crippen LogP) is 4.28. The van der Waals surface area contributed by atoms with E-state index in [4.69, 9.17) is 0 Å². The number of halogens is 1. The summed E-state index contributed by atoms with van der Waals surface area (Å²) in [6.45, 7) is 2.01. The van der Waals surface area contributed by atoms with Gasteiger partial charge in [-0.1, -0.05) is 30.3 Å². The highest BCUT2D eigenvalue weighted by atomic mass is 35.5. The van der Waals surface area contributed by atoms with Crippen LogP contribution in [0.15, 0.2) is 35.4 Å². The Labute approximate surface area is 129 Å². The number of fused-ring (bicyclic) bond motifs is 1. The first kappa shape index (κ1) is 15.0. The number of aromatic nitrogens is 1. The second-order valence-corrected chi connectivity index (χ2v) is 5.85. The number of rotatable bonds is 3. The summed E-state index contributed by atoms with van der Waals surface area (Å²) in [6.07, 6.45) is 4.86. The van der Waals surface area contributed by atoms with E-state index in [1.165, 1.54) is 29.8 Å². The number of benzene rings is 1. The van der Waals surface area contributed by atoms with Crippen LogP contribution in [-0.2, 0) is 12.8 Å². The van der Waals surface area contributed by atoms with Gasteiger partial charge < -0.3 is 0 Å². The number of anilines is 1. The fourth-order valence-corrected chi connectivity index (χ4v) is 3.27. The molecule has 5 heteroatoms. The minimum Gasteiger partial charge on any atom is -0.252 e. The zero-order chi connectivity index (χ0) is 13.1. The fraction of sp³-hybridized carbons (Fsp3) is 0.333. The maximum absolute atomic E-state index is 4.62. The topological polar surface area (TPSA) is 37.3 Å². The van der Waals surface area contributed by atoms with Crippen molar-refractivity contribution in [1.29, 1.82) is 0 Å².